The average Bonchev–Trinajstić information content (AvgIpc) is 2.64. The van der Waals surface area contributed by atoms with Crippen LogP contribution in [0.15, 0.2) is 28.7 Å². The van der Waals surface area contributed by atoms with Gasteiger partial charge in [0.1, 0.15) is 0 Å². The molecule has 0 aliphatic rings. The SMILES string of the molecule is COC(=O)c1c(Br)c(C)n(Cc2ccc(C)cc2)c1C. The molecule has 4 heteroatoms. The van der Waals surface area contributed by atoms with Gasteiger partial charge in [-0.1, -0.05) is 29.8 Å². The van der Waals surface area contributed by atoms with Crippen LogP contribution in [0, 0.1) is 20.8 Å². The predicted molar refractivity (Wildman–Crippen MR) is 83.2 cm³/mol. The lowest BCUT2D eigenvalue weighted by atomic mass is 10.1. The van der Waals surface area contributed by atoms with Gasteiger partial charge >= 0.3 is 5.97 Å². The van der Waals surface area contributed by atoms with Crippen molar-refractivity contribution in [2.24, 2.45) is 0 Å². The van der Waals surface area contributed by atoms with Crippen LogP contribution < -0.4 is 0 Å². The number of aromatic nitrogens is 1. The molecule has 1 heterocycles. The van der Waals surface area contributed by atoms with Gasteiger partial charge in [0.2, 0.25) is 0 Å². The molecule has 106 valence electrons. The van der Waals surface area contributed by atoms with Gasteiger partial charge < -0.3 is 9.30 Å². The van der Waals surface area contributed by atoms with Crippen molar-refractivity contribution in [2.45, 2.75) is 27.3 Å². The van der Waals surface area contributed by atoms with Gasteiger partial charge in [-0.05, 0) is 42.3 Å². The second-order valence-electron chi connectivity index (χ2n) is 4.92. The van der Waals surface area contributed by atoms with Crippen molar-refractivity contribution in [3.05, 3.63) is 56.8 Å². The molecular weight excluding hydrogens is 318 g/mol. The Hall–Kier alpha value is -1.55. The third-order valence-electron chi connectivity index (χ3n) is 3.56. The number of ether oxygens (including phenoxy) is 1. The Bertz CT molecular complexity index is 641. The van der Waals surface area contributed by atoms with Crippen molar-refractivity contribution in [3.8, 4) is 0 Å². The average molecular weight is 336 g/mol. The molecule has 1 aromatic heterocycles. The smallest absolute Gasteiger partial charge is 0.340 e. The van der Waals surface area contributed by atoms with Gasteiger partial charge in [-0.2, -0.15) is 0 Å². The van der Waals surface area contributed by atoms with Crippen LogP contribution in [0.4, 0.5) is 0 Å². The maximum Gasteiger partial charge on any atom is 0.340 e. The summed E-state index contributed by atoms with van der Waals surface area (Å²) >= 11 is 3.50. The van der Waals surface area contributed by atoms with Gasteiger partial charge in [0.25, 0.3) is 0 Å². The number of halogens is 1. The van der Waals surface area contributed by atoms with Gasteiger partial charge in [-0.15, -0.1) is 0 Å². The normalized spacial score (nSPS) is 10.7. The second-order valence-corrected chi connectivity index (χ2v) is 5.72. The minimum atomic E-state index is -0.305. The zero-order chi connectivity index (χ0) is 14.9. The Morgan fingerprint density at radius 2 is 1.75 bits per heavy atom. The Morgan fingerprint density at radius 1 is 1.15 bits per heavy atom. The van der Waals surface area contributed by atoms with Crippen LogP contribution in [0.1, 0.15) is 32.9 Å². The van der Waals surface area contributed by atoms with E-state index in [2.05, 4.69) is 51.7 Å². The van der Waals surface area contributed by atoms with Gasteiger partial charge in [0.05, 0.1) is 17.1 Å². The quantitative estimate of drug-likeness (QED) is 0.793. The number of hydrogen-bond acceptors (Lipinski definition) is 2. The fourth-order valence-electron chi connectivity index (χ4n) is 2.30. The minimum absolute atomic E-state index is 0.305. The van der Waals surface area contributed by atoms with Crippen molar-refractivity contribution >= 4 is 21.9 Å². The molecule has 0 saturated carbocycles. The van der Waals surface area contributed by atoms with Gasteiger partial charge in [0, 0.05) is 17.9 Å². The molecule has 0 aliphatic carbocycles. The summed E-state index contributed by atoms with van der Waals surface area (Å²) in [5.41, 5.74) is 5.01. The molecule has 0 amide bonds. The highest BCUT2D eigenvalue weighted by Gasteiger charge is 2.22. The predicted octanol–water partition coefficient (Wildman–Crippen LogP) is 4.01. The number of esters is 1. The van der Waals surface area contributed by atoms with Crippen molar-refractivity contribution in [2.75, 3.05) is 7.11 Å². The summed E-state index contributed by atoms with van der Waals surface area (Å²) in [4.78, 5) is 11.9. The number of carbonyl (C=O) groups excluding carboxylic acids is 1. The number of carbonyl (C=O) groups is 1. The van der Waals surface area contributed by atoms with E-state index in [4.69, 9.17) is 4.74 Å². The third-order valence-corrected chi connectivity index (χ3v) is 4.53. The fourth-order valence-corrected chi connectivity index (χ4v) is 2.96. The molecule has 0 radical (unpaired) electrons. The molecule has 0 spiro atoms. The first-order valence-corrected chi connectivity index (χ1v) is 7.24. The zero-order valence-corrected chi connectivity index (χ0v) is 13.7. The van der Waals surface area contributed by atoms with E-state index in [9.17, 15) is 4.79 Å². The molecule has 1 aromatic carbocycles. The molecular formula is C16H18BrNO2. The monoisotopic (exact) mass is 335 g/mol. The Labute approximate surface area is 127 Å². The first kappa shape index (κ1) is 14.9. The highest BCUT2D eigenvalue weighted by atomic mass is 79.9. The van der Waals surface area contributed by atoms with E-state index >= 15 is 0 Å². The summed E-state index contributed by atoms with van der Waals surface area (Å²) in [6, 6.07) is 8.42. The zero-order valence-electron chi connectivity index (χ0n) is 12.2. The van der Waals surface area contributed by atoms with Crippen LogP contribution in [-0.4, -0.2) is 17.6 Å². The van der Waals surface area contributed by atoms with E-state index in [0.717, 1.165) is 22.4 Å². The van der Waals surface area contributed by atoms with Crippen molar-refractivity contribution in [1.29, 1.82) is 0 Å². The van der Waals surface area contributed by atoms with Gasteiger partial charge in [-0.25, -0.2) is 4.79 Å². The Kier molecular flexibility index (Phi) is 4.33. The number of hydrogen-bond donors (Lipinski definition) is 0. The number of aryl methyl sites for hydroxylation is 1. The molecule has 2 aromatic rings. The maximum absolute atomic E-state index is 11.9. The molecule has 0 unspecified atom stereocenters. The summed E-state index contributed by atoms with van der Waals surface area (Å²) < 4.78 is 7.79. The molecule has 0 N–H and O–H groups in total. The van der Waals surface area contributed by atoms with Crippen molar-refractivity contribution in [3.63, 3.8) is 0 Å². The molecule has 0 bridgehead atoms. The van der Waals surface area contributed by atoms with E-state index in [0.29, 0.717) is 5.56 Å². The largest absolute Gasteiger partial charge is 0.465 e. The molecule has 0 fully saturated rings. The number of benzene rings is 1. The van der Waals surface area contributed by atoms with E-state index in [1.54, 1.807) is 0 Å². The Morgan fingerprint density at radius 3 is 2.30 bits per heavy atom. The Balaban J connectivity index is 2.42. The molecule has 2 rings (SSSR count). The number of methoxy groups -OCH3 is 1. The molecule has 0 aliphatic heterocycles. The fraction of sp³-hybridized carbons (Fsp3) is 0.312. The van der Waals surface area contributed by atoms with Crippen LogP contribution in [0.25, 0.3) is 0 Å². The van der Waals surface area contributed by atoms with Crippen molar-refractivity contribution < 1.29 is 9.53 Å². The van der Waals surface area contributed by atoms with E-state index in [1.165, 1.54) is 18.2 Å². The summed E-state index contributed by atoms with van der Waals surface area (Å²) in [5.74, 6) is -0.305. The topological polar surface area (TPSA) is 31.2 Å². The third kappa shape index (κ3) is 2.66. The number of rotatable bonds is 3. The highest BCUT2D eigenvalue weighted by Crippen LogP contribution is 2.29. The van der Waals surface area contributed by atoms with Gasteiger partial charge in [0.15, 0.2) is 0 Å². The highest BCUT2D eigenvalue weighted by molar-refractivity contribution is 9.10. The van der Waals surface area contributed by atoms with Crippen LogP contribution in [0.3, 0.4) is 0 Å². The van der Waals surface area contributed by atoms with Crippen LogP contribution in [0.2, 0.25) is 0 Å². The van der Waals surface area contributed by atoms with Crippen molar-refractivity contribution in [1.82, 2.24) is 4.57 Å². The first-order valence-electron chi connectivity index (χ1n) is 6.44. The number of nitrogens with zero attached hydrogens (tertiary/aromatic N) is 1. The van der Waals surface area contributed by atoms with E-state index in [1.807, 2.05) is 13.8 Å². The molecule has 3 nitrogen and oxygen atoms in total. The lowest BCUT2D eigenvalue weighted by Crippen LogP contribution is -2.07. The van der Waals surface area contributed by atoms with E-state index < -0.39 is 0 Å². The summed E-state index contributed by atoms with van der Waals surface area (Å²) in [5, 5.41) is 0. The lowest BCUT2D eigenvalue weighted by Gasteiger charge is -2.10. The summed E-state index contributed by atoms with van der Waals surface area (Å²) in [6.45, 7) is 6.76. The standard InChI is InChI=1S/C16H18BrNO2/c1-10-5-7-13(8-6-10)9-18-11(2)14(16(19)20-4)15(17)12(18)3/h5-8H,9H2,1-4H3. The second kappa shape index (κ2) is 5.83. The maximum atomic E-state index is 11.9. The molecule has 0 saturated heterocycles. The van der Waals surface area contributed by atoms with Crippen LogP contribution in [0.5, 0.6) is 0 Å². The van der Waals surface area contributed by atoms with Crippen LogP contribution >= 0.6 is 15.9 Å². The van der Waals surface area contributed by atoms with Gasteiger partial charge in [-0.3, -0.25) is 0 Å². The summed E-state index contributed by atoms with van der Waals surface area (Å²) in [7, 11) is 1.40. The van der Waals surface area contributed by atoms with E-state index in [-0.39, 0.29) is 5.97 Å². The first-order chi connectivity index (χ1) is 9.45. The lowest BCUT2D eigenvalue weighted by molar-refractivity contribution is 0.0599. The molecule has 20 heavy (non-hydrogen) atoms. The minimum Gasteiger partial charge on any atom is -0.465 e. The molecule has 0 atom stereocenters. The van der Waals surface area contributed by atoms with Crippen LogP contribution in [-0.2, 0) is 11.3 Å². The summed E-state index contributed by atoms with van der Waals surface area (Å²) in [6.07, 6.45) is 0.